The lowest BCUT2D eigenvalue weighted by Gasteiger charge is -2.34. The highest BCUT2D eigenvalue weighted by molar-refractivity contribution is 7.53. The molecule has 232 valence electrons. The summed E-state index contributed by atoms with van der Waals surface area (Å²) >= 11 is 6.18. The van der Waals surface area contributed by atoms with E-state index in [0.717, 1.165) is 31.4 Å². The van der Waals surface area contributed by atoms with E-state index in [4.69, 9.17) is 21.4 Å². The van der Waals surface area contributed by atoms with Crippen molar-refractivity contribution in [1.29, 1.82) is 0 Å². The molecule has 0 bridgehead atoms. The van der Waals surface area contributed by atoms with Crippen molar-refractivity contribution in [3.8, 4) is 0 Å². The number of pyridine rings is 1. The van der Waals surface area contributed by atoms with Gasteiger partial charge in [0.15, 0.2) is 0 Å². The topological polar surface area (TPSA) is 170 Å². The SMILES string of the molecule is CCN(CC)CCCC(C)N(C(=O)OC1CCCC(C(=O)NC(C(=O)O)P(=O)(O)O)C1)c1ccnc2cc(Cl)ccc12. The van der Waals surface area contributed by atoms with Gasteiger partial charge in [0, 0.05) is 28.6 Å². The Kier molecular flexibility index (Phi) is 12.1. The number of amides is 2. The van der Waals surface area contributed by atoms with Crippen LogP contribution in [-0.2, 0) is 18.9 Å². The molecule has 4 unspecified atom stereocenters. The van der Waals surface area contributed by atoms with Gasteiger partial charge in [-0.05, 0) is 89.3 Å². The zero-order valence-corrected chi connectivity index (χ0v) is 25.8. The first-order valence-corrected chi connectivity index (χ1v) is 16.3. The molecule has 0 aliphatic heterocycles. The van der Waals surface area contributed by atoms with Crippen LogP contribution in [-0.4, -0.2) is 80.3 Å². The van der Waals surface area contributed by atoms with E-state index in [1.165, 1.54) is 0 Å². The number of hydrogen-bond donors (Lipinski definition) is 4. The number of fused-ring (bicyclic) bond motifs is 1. The number of rotatable bonds is 13. The van der Waals surface area contributed by atoms with Crippen molar-refractivity contribution in [1.82, 2.24) is 15.2 Å². The average Bonchev–Trinajstić information content (AvgIpc) is 2.93. The lowest BCUT2D eigenvalue weighted by atomic mass is 9.86. The minimum atomic E-state index is -5.12. The normalized spacial score (nSPS) is 18.8. The minimum Gasteiger partial charge on any atom is -0.479 e. The quantitative estimate of drug-likeness (QED) is 0.230. The van der Waals surface area contributed by atoms with Gasteiger partial charge in [0.25, 0.3) is 0 Å². The molecular formula is C28H40ClN4O8P. The summed E-state index contributed by atoms with van der Waals surface area (Å²) in [6.07, 6.45) is 3.42. The third-order valence-corrected chi connectivity index (χ3v) is 8.94. The molecule has 1 heterocycles. The maximum atomic E-state index is 13.8. The van der Waals surface area contributed by atoms with E-state index in [9.17, 15) is 28.7 Å². The van der Waals surface area contributed by atoms with Crippen LogP contribution >= 0.6 is 19.2 Å². The van der Waals surface area contributed by atoms with Crippen LogP contribution in [0.2, 0.25) is 5.02 Å². The molecule has 1 aromatic carbocycles. The highest BCUT2D eigenvalue weighted by Crippen LogP contribution is 2.40. The Balaban J connectivity index is 1.80. The summed E-state index contributed by atoms with van der Waals surface area (Å²) in [6.45, 7) is 8.93. The Bertz CT molecular complexity index is 1300. The first kappa shape index (κ1) is 33.7. The molecular weight excluding hydrogens is 587 g/mol. The van der Waals surface area contributed by atoms with Crippen LogP contribution in [0.15, 0.2) is 30.5 Å². The molecule has 4 N–H and O–H groups in total. The molecule has 1 aliphatic carbocycles. The number of nitrogens with zero attached hydrogens (tertiary/aromatic N) is 3. The van der Waals surface area contributed by atoms with Gasteiger partial charge < -0.3 is 29.8 Å². The van der Waals surface area contributed by atoms with E-state index in [2.05, 4.69) is 23.7 Å². The number of carbonyl (C=O) groups excluding carboxylic acids is 2. The number of carboxylic acid groups (broad SMARTS) is 1. The Morgan fingerprint density at radius 3 is 2.55 bits per heavy atom. The fraction of sp³-hybridized carbons (Fsp3) is 0.571. The minimum absolute atomic E-state index is 0.0992. The van der Waals surface area contributed by atoms with Crippen molar-refractivity contribution >= 4 is 53.8 Å². The van der Waals surface area contributed by atoms with Crippen LogP contribution < -0.4 is 10.2 Å². The van der Waals surface area contributed by atoms with E-state index in [1.54, 1.807) is 29.3 Å². The van der Waals surface area contributed by atoms with Crippen LogP contribution in [0.4, 0.5) is 10.5 Å². The largest absolute Gasteiger partial charge is 0.479 e. The summed E-state index contributed by atoms with van der Waals surface area (Å²) in [7, 11) is -5.12. The van der Waals surface area contributed by atoms with Crippen LogP contribution in [0.1, 0.15) is 59.3 Å². The van der Waals surface area contributed by atoms with Crippen molar-refractivity contribution < 1.29 is 38.6 Å². The van der Waals surface area contributed by atoms with Crippen LogP contribution in [0.5, 0.6) is 0 Å². The van der Waals surface area contributed by atoms with E-state index in [-0.39, 0.29) is 12.5 Å². The molecule has 1 saturated carbocycles. The number of carboxylic acids is 1. The van der Waals surface area contributed by atoms with Gasteiger partial charge in [-0.3, -0.25) is 19.2 Å². The molecule has 42 heavy (non-hydrogen) atoms. The second-order valence-electron chi connectivity index (χ2n) is 10.6. The first-order chi connectivity index (χ1) is 19.8. The summed E-state index contributed by atoms with van der Waals surface area (Å²) in [4.78, 5) is 64.9. The molecule has 3 rings (SSSR count). The van der Waals surface area contributed by atoms with E-state index >= 15 is 0 Å². The maximum absolute atomic E-state index is 13.8. The Morgan fingerprint density at radius 2 is 1.90 bits per heavy atom. The van der Waals surface area contributed by atoms with Gasteiger partial charge in [-0.15, -0.1) is 0 Å². The summed E-state index contributed by atoms with van der Waals surface area (Å²) in [6, 6.07) is 6.78. The average molecular weight is 627 g/mol. The number of ether oxygens (including phenoxy) is 1. The number of halogens is 1. The fourth-order valence-electron chi connectivity index (χ4n) is 5.34. The summed E-state index contributed by atoms with van der Waals surface area (Å²) < 4.78 is 17.5. The van der Waals surface area contributed by atoms with E-state index < -0.39 is 43.4 Å². The van der Waals surface area contributed by atoms with Gasteiger partial charge in [-0.1, -0.05) is 25.4 Å². The number of hydrogen-bond acceptors (Lipinski definition) is 7. The molecule has 2 aromatic rings. The van der Waals surface area contributed by atoms with Crippen molar-refractivity contribution in [3.05, 3.63) is 35.5 Å². The predicted molar refractivity (Wildman–Crippen MR) is 160 cm³/mol. The van der Waals surface area contributed by atoms with Gasteiger partial charge >= 0.3 is 19.7 Å². The molecule has 0 radical (unpaired) electrons. The second kappa shape index (κ2) is 15.1. The third kappa shape index (κ3) is 8.87. The molecule has 0 spiro atoms. The number of benzene rings is 1. The molecule has 12 nitrogen and oxygen atoms in total. The van der Waals surface area contributed by atoms with Gasteiger partial charge in [0.05, 0.1) is 11.2 Å². The van der Waals surface area contributed by atoms with Crippen molar-refractivity contribution in [3.63, 3.8) is 0 Å². The zero-order valence-electron chi connectivity index (χ0n) is 24.1. The van der Waals surface area contributed by atoms with Crippen molar-refractivity contribution in [2.24, 2.45) is 5.92 Å². The van der Waals surface area contributed by atoms with Crippen LogP contribution in [0.25, 0.3) is 10.9 Å². The molecule has 1 aromatic heterocycles. The number of carbonyl (C=O) groups is 3. The Hall–Kier alpha value is -2.76. The monoisotopic (exact) mass is 626 g/mol. The lowest BCUT2D eigenvalue weighted by molar-refractivity contribution is -0.140. The van der Waals surface area contributed by atoms with Crippen LogP contribution in [0.3, 0.4) is 0 Å². The fourth-order valence-corrected chi connectivity index (χ4v) is 6.09. The molecule has 4 atom stereocenters. The lowest BCUT2D eigenvalue weighted by Crippen LogP contribution is -2.46. The van der Waals surface area contributed by atoms with Gasteiger partial charge in [-0.25, -0.2) is 9.59 Å². The smallest absolute Gasteiger partial charge is 0.414 e. The van der Waals surface area contributed by atoms with Crippen molar-refractivity contribution in [2.45, 2.75) is 77.2 Å². The summed E-state index contributed by atoms with van der Waals surface area (Å²) in [5.74, 6) is -5.74. The van der Waals surface area contributed by atoms with Gasteiger partial charge in [0.2, 0.25) is 11.7 Å². The maximum Gasteiger partial charge on any atom is 0.414 e. The van der Waals surface area contributed by atoms with Gasteiger partial charge in [0.1, 0.15) is 6.10 Å². The summed E-state index contributed by atoms with van der Waals surface area (Å²) in [5.41, 5.74) is 1.24. The highest BCUT2D eigenvalue weighted by atomic mass is 35.5. The number of nitrogens with one attached hydrogen (secondary N) is 1. The third-order valence-electron chi connectivity index (χ3n) is 7.68. The Morgan fingerprint density at radius 1 is 1.19 bits per heavy atom. The number of aromatic nitrogens is 1. The molecule has 2 amide bonds. The van der Waals surface area contributed by atoms with Crippen LogP contribution in [0, 0.1) is 5.92 Å². The Labute approximate surface area is 250 Å². The first-order valence-electron chi connectivity index (χ1n) is 14.2. The highest BCUT2D eigenvalue weighted by Gasteiger charge is 2.40. The molecule has 0 saturated heterocycles. The molecule has 1 aliphatic rings. The standard InChI is InChI=1S/C28H40ClN4O8P/c1-4-32(5-2)15-7-8-18(3)33(24-13-14-30-23-17-20(29)11-12-22(23)24)28(37)41-21-10-6-9-19(16-21)25(34)31-26(27(35)36)42(38,39)40/h11-14,17-19,21,26H,4-10,15-16H2,1-3H3,(H,31,34)(H,35,36)(H2,38,39,40). The van der Waals surface area contributed by atoms with E-state index in [0.29, 0.717) is 41.9 Å². The predicted octanol–water partition coefficient (Wildman–Crippen LogP) is 4.61. The zero-order chi connectivity index (χ0) is 31.0. The number of anilines is 1. The number of aliphatic carboxylic acids is 1. The van der Waals surface area contributed by atoms with Crippen molar-refractivity contribution in [2.75, 3.05) is 24.5 Å². The second-order valence-corrected chi connectivity index (χ2v) is 12.7. The summed E-state index contributed by atoms with van der Waals surface area (Å²) in [5, 5.41) is 12.4. The molecule has 1 fully saturated rings. The molecule has 14 heteroatoms. The van der Waals surface area contributed by atoms with Gasteiger partial charge in [-0.2, -0.15) is 0 Å². The van der Waals surface area contributed by atoms with E-state index in [1.807, 2.05) is 18.3 Å².